The Morgan fingerprint density at radius 3 is 1.59 bits per heavy atom. The monoisotopic (exact) mass is 1750 g/mol. The number of aryl methyl sites for hydroxylation is 1. The number of ketones is 3. The first kappa shape index (κ1) is 102. The predicted octanol–water partition coefficient (Wildman–Crippen LogP) is 1.66. The number of carboxylic acid groups (broad SMARTS) is 1. The molecule has 0 aliphatic carbocycles. The zero-order valence-corrected chi connectivity index (χ0v) is 73.7. The molecule has 5 rings (SSSR count). The Bertz CT molecular complexity index is 4480. The summed E-state index contributed by atoms with van der Waals surface area (Å²) in [5.41, 5.74) is 62.3. The number of nitrogens with zero attached hydrogens (tertiary/aromatic N) is 8. The maximum Gasteiger partial charge on any atom is 0.327 e. The van der Waals surface area contributed by atoms with Gasteiger partial charge in [0, 0.05) is 155 Å². The number of aliphatic carboxylic acids is 1. The molecule has 1 fully saturated rings. The average Bonchev–Trinajstić information content (AvgIpc) is 1.60. The average molecular weight is 1750 g/mol. The Kier molecular flexibility index (Phi) is 41.3. The van der Waals surface area contributed by atoms with Crippen molar-refractivity contribution in [2.75, 3.05) is 76.1 Å². The number of aliphatic imine (C=N–C) groups is 5. The number of rotatable bonds is 56. The number of carbonyl (C=O) groups excluding carboxylic acids is 10. The number of guanidine groups is 5. The molecule has 123 heavy (non-hydrogen) atoms. The lowest BCUT2D eigenvalue weighted by atomic mass is 9.81. The van der Waals surface area contributed by atoms with Gasteiger partial charge in [0.15, 0.2) is 52.9 Å². The van der Waals surface area contributed by atoms with Gasteiger partial charge in [-0.15, -0.1) is 11.8 Å². The fraction of sp³-hybridized carbons (Fsp3) is 0.578. The summed E-state index contributed by atoms with van der Waals surface area (Å²) >= 11 is 0.815. The van der Waals surface area contributed by atoms with Crippen molar-refractivity contribution in [3.05, 3.63) is 89.2 Å². The number of benzene rings is 2. The van der Waals surface area contributed by atoms with Gasteiger partial charge >= 0.3 is 5.97 Å². The van der Waals surface area contributed by atoms with E-state index in [-0.39, 0.29) is 194 Å². The van der Waals surface area contributed by atoms with E-state index in [1.54, 1.807) is 13.0 Å². The van der Waals surface area contributed by atoms with Crippen LogP contribution in [0.25, 0.3) is 0 Å². The SMILES string of the molecule is CC[C@@H](C)C(=O)NCC(=O)C[C@H](CCCN=C(N)N)C(=O)N[C@H](CCCN=C(N)N)C(=O)C[C@H](CCCN=C(N)N)C(=O)N[C@H](CCCN=C(N)N)C(=O)C[C@H](CCCN=C(N)N)C(=O)N[C@H](CSC1CC(=O)N(CCNC(=O)CCCCC[N+]2=C(C=CC=CC=C3N(CC)c4ccc(C)cc4C3(C)C)C(C)(C)c3cc(S(=O)(=O)O)ccc32)C1=O)C(=O)O. The van der Waals surface area contributed by atoms with E-state index in [0.717, 1.165) is 40.2 Å². The van der Waals surface area contributed by atoms with Gasteiger partial charge in [-0.3, -0.25) is 82.4 Å². The molecule has 3 aliphatic heterocycles. The minimum absolute atomic E-state index is 0.000203. The van der Waals surface area contributed by atoms with Crippen LogP contribution in [0.1, 0.15) is 187 Å². The lowest BCUT2D eigenvalue weighted by molar-refractivity contribution is -0.438. The molecule has 0 bridgehead atoms. The second-order valence-corrected chi connectivity index (χ2v) is 34.7. The van der Waals surface area contributed by atoms with E-state index < -0.39 is 128 Å². The second kappa shape index (κ2) is 49.7. The maximum absolute atomic E-state index is 14.9. The fourth-order valence-electron chi connectivity index (χ4n) is 14.9. The van der Waals surface area contributed by atoms with Gasteiger partial charge in [-0.05, 0) is 141 Å². The van der Waals surface area contributed by atoms with Crippen LogP contribution in [0.2, 0.25) is 0 Å². The number of hydrogen-bond acceptors (Lipinski definition) is 20. The van der Waals surface area contributed by atoms with E-state index in [9.17, 15) is 70.8 Å². The zero-order valence-electron chi connectivity index (χ0n) is 72.1. The third-order valence-electron chi connectivity index (χ3n) is 21.8. The number of carbonyl (C=O) groups is 11. The largest absolute Gasteiger partial charge is 0.480 e. The summed E-state index contributed by atoms with van der Waals surface area (Å²) in [5.74, 6) is -13.3. The molecule has 0 saturated carbocycles. The van der Waals surface area contributed by atoms with E-state index in [4.69, 9.17) is 57.3 Å². The number of likely N-dealkylation sites (tertiary alicyclic amines) is 1. The van der Waals surface area contributed by atoms with Crippen molar-refractivity contribution >= 4 is 133 Å². The Morgan fingerprint density at radius 1 is 0.602 bits per heavy atom. The number of imide groups is 1. The van der Waals surface area contributed by atoms with Crippen LogP contribution in [-0.4, -0.2) is 222 Å². The van der Waals surface area contributed by atoms with E-state index in [1.165, 1.54) is 34.6 Å². The quantitative estimate of drug-likeness (QED) is 0.00852. The van der Waals surface area contributed by atoms with Crippen molar-refractivity contribution in [1.82, 2.24) is 31.5 Å². The number of likely N-dealkylation sites (N-methyl/N-ethyl adjacent to an activating group) is 1. The molecule has 27 N–H and O–H groups in total. The van der Waals surface area contributed by atoms with E-state index in [2.05, 4.69) is 113 Å². The Hall–Kier alpha value is -11.3. The lowest BCUT2D eigenvalue weighted by Gasteiger charge is -2.26. The highest BCUT2D eigenvalue weighted by molar-refractivity contribution is 8.00. The number of nitrogens with one attached hydrogen (secondary N) is 5. The molecule has 8 atom stereocenters. The summed E-state index contributed by atoms with van der Waals surface area (Å²) in [6.07, 6.45) is 11.0. The first-order valence-corrected chi connectivity index (χ1v) is 44.2. The smallest absolute Gasteiger partial charge is 0.327 e. The summed E-state index contributed by atoms with van der Waals surface area (Å²) in [7, 11) is -4.51. The third-order valence-corrected chi connectivity index (χ3v) is 23.9. The molecular formula is C83H130N23O15S2+. The van der Waals surface area contributed by atoms with Crippen molar-refractivity contribution in [3.8, 4) is 0 Å². The number of amides is 7. The third kappa shape index (κ3) is 32.8. The molecule has 0 radical (unpaired) electrons. The number of hydrogen-bond donors (Lipinski definition) is 17. The van der Waals surface area contributed by atoms with Gasteiger partial charge in [-0.2, -0.15) is 13.0 Å². The van der Waals surface area contributed by atoms with Crippen molar-refractivity contribution < 1.29 is 75.4 Å². The fourth-order valence-corrected chi connectivity index (χ4v) is 16.5. The van der Waals surface area contributed by atoms with Crippen molar-refractivity contribution in [2.24, 2.45) is 106 Å². The van der Waals surface area contributed by atoms with Crippen LogP contribution in [0.5, 0.6) is 0 Å². The van der Waals surface area contributed by atoms with Gasteiger partial charge in [-0.25, -0.2) is 4.79 Å². The van der Waals surface area contributed by atoms with Crippen molar-refractivity contribution in [1.29, 1.82) is 0 Å². The van der Waals surface area contributed by atoms with Crippen LogP contribution in [0.3, 0.4) is 0 Å². The number of unbranched alkanes of at least 4 members (excludes halogenated alkanes) is 2. The summed E-state index contributed by atoms with van der Waals surface area (Å²) in [5, 5.41) is 22.9. The van der Waals surface area contributed by atoms with Crippen LogP contribution in [0.4, 0.5) is 11.4 Å². The van der Waals surface area contributed by atoms with Crippen LogP contribution >= 0.6 is 11.8 Å². The molecule has 7 amide bonds. The van der Waals surface area contributed by atoms with Gasteiger partial charge in [0.05, 0.1) is 34.2 Å². The molecule has 0 spiro atoms. The summed E-state index contributed by atoms with van der Waals surface area (Å²) < 4.78 is 36.9. The topological polar surface area (TPSA) is 654 Å². The van der Waals surface area contributed by atoms with E-state index in [1.807, 2.05) is 45.1 Å². The summed E-state index contributed by atoms with van der Waals surface area (Å²) in [4.78, 5) is 176. The Labute approximate surface area is 724 Å². The van der Waals surface area contributed by atoms with Crippen molar-refractivity contribution in [2.45, 2.75) is 216 Å². The highest BCUT2D eigenvalue weighted by atomic mass is 32.2. The van der Waals surface area contributed by atoms with E-state index >= 15 is 0 Å². The van der Waals surface area contributed by atoms with Gasteiger partial charge in [-0.1, -0.05) is 63.6 Å². The molecule has 678 valence electrons. The number of nitrogens with two attached hydrogens (primary N) is 10. The molecule has 3 heterocycles. The minimum Gasteiger partial charge on any atom is -0.480 e. The van der Waals surface area contributed by atoms with Gasteiger partial charge in [0.25, 0.3) is 10.1 Å². The summed E-state index contributed by atoms with van der Waals surface area (Å²) in [6.45, 7) is 16.9. The van der Waals surface area contributed by atoms with Crippen LogP contribution in [0.15, 0.2) is 102 Å². The Balaban J connectivity index is 1.26. The van der Waals surface area contributed by atoms with E-state index in [0.29, 0.717) is 32.2 Å². The standard InChI is InChI=1S/C83H129N23O15S2/c1-9-51(4)71(112)100-48-55(107)43-52(22-17-34-95-77(84)85)72(113)101-59(25-20-37-98-80(90)91)64(108)44-53(23-18-35-96-78(86)87)73(114)102-60(26-21-38-99-81(92)93)65(109)45-54(24-19-36-97-79(88)89)74(115)103-61(76(117)118)49-122-66-47-70(111)106(75(66)116)41-39-94-69(110)29-15-12-16-40-105-63-33-31-56(123(119,120)121)46-58(63)83(7,8)68(105)28-14-11-13-27-67-82(5,6)57-42-50(3)30-32-62(57)104(67)10-2/h11,13-14,27-28,30-33,42,46,51-54,59-61,66H,9-10,12,15-26,29,34-41,43-45,47-49H2,1-8H3,(H26-,84,85,86,87,88,89,90,91,92,93,94,95,96,97,98,99,100,101,102,103,110,112,113,114,115,117,118,119,120,121)/p+1/t51-,52+,53+,54+,59-,60-,61-,66?/m1/s1. The van der Waals surface area contributed by atoms with Gasteiger partial charge in [0.2, 0.25) is 47.0 Å². The molecule has 3 aliphatic rings. The molecular weight excluding hydrogens is 1620 g/mol. The number of thioether (sulfide) groups is 1. The predicted molar refractivity (Wildman–Crippen MR) is 477 cm³/mol. The highest BCUT2D eigenvalue weighted by Crippen LogP contribution is 2.48. The number of carboxylic acids is 1. The molecule has 0 aromatic heterocycles. The lowest BCUT2D eigenvalue weighted by Crippen LogP contribution is -2.49. The number of Topliss-reactive ketones (excluding diaryl/α,β-unsaturated/α-hetero) is 3. The van der Waals surface area contributed by atoms with Crippen LogP contribution in [0, 0.1) is 30.6 Å². The second-order valence-electron chi connectivity index (χ2n) is 32.0. The number of anilines is 1. The minimum atomic E-state index is -4.51. The normalized spacial score (nSPS) is 16.6. The number of allylic oxidation sites excluding steroid dienone is 6. The Morgan fingerprint density at radius 2 is 1.11 bits per heavy atom. The molecule has 2 aromatic rings. The van der Waals surface area contributed by atoms with Crippen LogP contribution in [-0.2, 0) is 73.7 Å². The van der Waals surface area contributed by atoms with Gasteiger partial charge < -0.3 is 93.9 Å². The molecule has 2 aromatic carbocycles. The molecule has 38 nitrogen and oxygen atoms in total. The molecule has 1 saturated heterocycles. The summed E-state index contributed by atoms with van der Waals surface area (Å²) in [6, 6.07) is 6.70. The zero-order chi connectivity index (χ0) is 91.5. The first-order valence-electron chi connectivity index (χ1n) is 41.7. The first-order chi connectivity index (χ1) is 58.0. The highest BCUT2D eigenvalue weighted by Gasteiger charge is 2.46. The maximum atomic E-state index is 14.9. The molecule has 40 heteroatoms. The molecule has 1 unspecified atom stereocenters. The number of fused-ring (bicyclic) bond motifs is 2. The van der Waals surface area contributed by atoms with Crippen LogP contribution < -0.4 is 88.8 Å². The van der Waals surface area contributed by atoms with Gasteiger partial charge in [0.1, 0.15) is 12.6 Å². The van der Waals surface area contributed by atoms with Crippen molar-refractivity contribution in [3.63, 3.8) is 0 Å².